The highest BCUT2D eigenvalue weighted by Crippen LogP contribution is 2.40. The summed E-state index contributed by atoms with van der Waals surface area (Å²) in [4.78, 5) is 21.2. The summed E-state index contributed by atoms with van der Waals surface area (Å²) in [6, 6.07) is 9.93. The molecule has 3 heterocycles. The molecule has 0 spiro atoms. The molecular weight excluding hydrogens is 354 g/mol. The molecule has 1 aromatic carbocycles. The van der Waals surface area contributed by atoms with Gasteiger partial charge < -0.3 is 5.32 Å². The van der Waals surface area contributed by atoms with E-state index in [1.807, 2.05) is 24.3 Å². The van der Waals surface area contributed by atoms with Gasteiger partial charge in [-0.25, -0.2) is 9.97 Å². The van der Waals surface area contributed by atoms with E-state index in [9.17, 15) is 4.79 Å². The molecule has 0 radical (unpaired) electrons. The summed E-state index contributed by atoms with van der Waals surface area (Å²) < 4.78 is 0. The van der Waals surface area contributed by atoms with Crippen LogP contribution in [0.1, 0.15) is 39.2 Å². The summed E-state index contributed by atoms with van der Waals surface area (Å²) >= 11 is 7.67. The fourth-order valence-corrected chi connectivity index (χ4v) is 4.53. The first kappa shape index (κ1) is 16.4. The molecule has 1 N–H and O–H groups in total. The smallest absolute Gasteiger partial charge is 0.206 e. The molecule has 1 atom stereocenters. The highest BCUT2D eigenvalue weighted by Gasteiger charge is 2.38. The molecule has 25 heavy (non-hydrogen) atoms. The molecule has 1 aliphatic heterocycles. The van der Waals surface area contributed by atoms with Crippen molar-refractivity contribution in [3.05, 3.63) is 81.0 Å². The van der Waals surface area contributed by atoms with E-state index in [1.54, 1.807) is 12.4 Å². The monoisotopic (exact) mass is 369 g/mol. The number of ketones is 1. The predicted molar refractivity (Wildman–Crippen MR) is 99.3 cm³/mol. The van der Waals surface area contributed by atoms with Gasteiger partial charge in [0.1, 0.15) is 6.33 Å². The zero-order valence-corrected chi connectivity index (χ0v) is 15.0. The number of halogens is 1. The third-order valence-electron chi connectivity index (χ3n) is 4.61. The van der Waals surface area contributed by atoms with Crippen LogP contribution in [0, 0.1) is 0 Å². The van der Waals surface area contributed by atoms with Gasteiger partial charge in [-0.1, -0.05) is 23.7 Å². The van der Waals surface area contributed by atoms with Gasteiger partial charge in [-0.05, 0) is 54.1 Å². The summed E-state index contributed by atoms with van der Waals surface area (Å²) in [5.41, 5.74) is 2.47. The van der Waals surface area contributed by atoms with Crippen LogP contribution in [0.15, 0.2) is 54.4 Å². The van der Waals surface area contributed by atoms with Crippen molar-refractivity contribution in [3.8, 4) is 0 Å². The van der Waals surface area contributed by atoms with Crippen molar-refractivity contribution in [1.29, 1.82) is 0 Å². The molecule has 4 nitrogen and oxygen atoms in total. The second kappa shape index (κ2) is 6.67. The zero-order chi connectivity index (χ0) is 17.3. The van der Waals surface area contributed by atoms with Crippen LogP contribution < -0.4 is 5.32 Å². The summed E-state index contributed by atoms with van der Waals surface area (Å²) in [5.74, 6) is -0.0453. The van der Waals surface area contributed by atoms with Crippen LogP contribution in [-0.2, 0) is 5.54 Å². The first-order valence-corrected chi connectivity index (χ1v) is 9.35. The minimum atomic E-state index is -0.285. The molecule has 4 rings (SSSR count). The van der Waals surface area contributed by atoms with Crippen molar-refractivity contribution in [2.75, 3.05) is 6.54 Å². The number of aromatic nitrogens is 2. The molecule has 1 fully saturated rings. The van der Waals surface area contributed by atoms with Gasteiger partial charge in [-0.3, -0.25) is 4.79 Å². The summed E-state index contributed by atoms with van der Waals surface area (Å²) in [6.45, 7) is 0.943. The van der Waals surface area contributed by atoms with E-state index in [0.29, 0.717) is 10.4 Å². The Morgan fingerprint density at radius 3 is 2.76 bits per heavy atom. The molecule has 2 aromatic heterocycles. The zero-order valence-electron chi connectivity index (χ0n) is 13.4. The molecule has 1 aliphatic rings. The van der Waals surface area contributed by atoms with Crippen molar-refractivity contribution in [3.63, 3.8) is 0 Å². The maximum absolute atomic E-state index is 12.7. The van der Waals surface area contributed by atoms with Gasteiger partial charge in [-0.2, -0.15) is 0 Å². The van der Waals surface area contributed by atoms with Crippen LogP contribution in [0.4, 0.5) is 0 Å². The van der Waals surface area contributed by atoms with Gasteiger partial charge in [0.05, 0.1) is 16.0 Å². The lowest BCUT2D eigenvalue weighted by molar-refractivity contribution is 0.104. The highest BCUT2D eigenvalue weighted by atomic mass is 35.5. The second-order valence-electron chi connectivity index (χ2n) is 6.10. The van der Waals surface area contributed by atoms with Crippen LogP contribution in [0.3, 0.4) is 0 Å². The fraction of sp³-hybridized carbons (Fsp3) is 0.211. The number of nitrogens with zero attached hydrogens (tertiary/aromatic N) is 2. The number of rotatable bonds is 4. The van der Waals surface area contributed by atoms with Gasteiger partial charge in [0, 0.05) is 17.4 Å². The van der Waals surface area contributed by atoms with Gasteiger partial charge in [-0.15, -0.1) is 11.3 Å². The lowest BCUT2D eigenvalue weighted by atomic mass is 9.83. The molecule has 6 heteroatoms. The maximum atomic E-state index is 12.7. The molecular formula is C19H16ClN3OS. The largest absolute Gasteiger partial charge is 0.304 e. The molecule has 3 aromatic rings. The average Bonchev–Trinajstić information content (AvgIpc) is 3.32. The van der Waals surface area contributed by atoms with Crippen LogP contribution in [-0.4, -0.2) is 22.3 Å². The second-order valence-corrected chi connectivity index (χ2v) is 7.45. The number of hydrogen-bond acceptors (Lipinski definition) is 5. The Hall–Kier alpha value is -2.08. The average molecular weight is 370 g/mol. The van der Waals surface area contributed by atoms with Crippen molar-refractivity contribution in [2.45, 2.75) is 18.4 Å². The SMILES string of the molecule is O=C(c1cncnc1)c1cc([C@@]2(c3cccc(Cl)c3)CCCN2)cs1. The standard InChI is InChI=1S/C19H16ClN3OS/c20-16-4-1-3-14(7-16)19(5-2-6-23-19)15-8-17(25-11-15)18(24)13-9-21-12-22-10-13/h1,3-4,7-12,23H,2,5-6H2/t19-/m0/s1. The van der Waals surface area contributed by atoms with Crippen LogP contribution in [0.5, 0.6) is 0 Å². The highest BCUT2D eigenvalue weighted by molar-refractivity contribution is 7.12. The molecule has 0 saturated carbocycles. The van der Waals surface area contributed by atoms with E-state index in [2.05, 4.69) is 26.7 Å². The summed E-state index contributed by atoms with van der Waals surface area (Å²) in [5, 5.41) is 6.42. The van der Waals surface area contributed by atoms with E-state index in [0.717, 1.165) is 35.5 Å². The minimum Gasteiger partial charge on any atom is -0.304 e. The van der Waals surface area contributed by atoms with Gasteiger partial charge in [0.2, 0.25) is 5.78 Å². The molecule has 0 aliphatic carbocycles. The molecule has 0 bridgehead atoms. The Balaban J connectivity index is 1.73. The maximum Gasteiger partial charge on any atom is 0.206 e. The molecule has 0 amide bonds. The Morgan fingerprint density at radius 1 is 1.20 bits per heavy atom. The quantitative estimate of drug-likeness (QED) is 0.705. The topological polar surface area (TPSA) is 54.9 Å². The fourth-order valence-electron chi connectivity index (χ4n) is 3.39. The van der Waals surface area contributed by atoms with E-state index < -0.39 is 0 Å². The van der Waals surface area contributed by atoms with E-state index >= 15 is 0 Å². The van der Waals surface area contributed by atoms with Crippen molar-refractivity contribution >= 4 is 28.7 Å². The molecule has 0 unspecified atom stereocenters. The van der Waals surface area contributed by atoms with E-state index in [-0.39, 0.29) is 11.3 Å². The van der Waals surface area contributed by atoms with Crippen LogP contribution in [0.25, 0.3) is 0 Å². The first-order valence-electron chi connectivity index (χ1n) is 8.09. The Bertz CT molecular complexity index is 904. The number of carbonyl (C=O) groups is 1. The number of carbonyl (C=O) groups excluding carboxylic acids is 1. The van der Waals surface area contributed by atoms with Crippen molar-refractivity contribution < 1.29 is 4.79 Å². The Morgan fingerprint density at radius 2 is 2.04 bits per heavy atom. The van der Waals surface area contributed by atoms with E-state index in [1.165, 1.54) is 17.7 Å². The van der Waals surface area contributed by atoms with Gasteiger partial charge in [0.25, 0.3) is 0 Å². The van der Waals surface area contributed by atoms with Gasteiger partial charge >= 0.3 is 0 Å². The molecule has 126 valence electrons. The van der Waals surface area contributed by atoms with Crippen molar-refractivity contribution in [2.24, 2.45) is 0 Å². The normalized spacial score (nSPS) is 19.9. The minimum absolute atomic E-state index is 0.0453. The predicted octanol–water partition coefficient (Wildman–Crippen LogP) is 4.05. The van der Waals surface area contributed by atoms with E-state index in [4.69, 9.17) is 11.6 Å². The van der Waals surface area contributed by atoms with Crippen LogP contribution in [0.2, 0.25) is 5.02 Å². The third kappa shape index (κ3) is 2.99. The van der Waals surface area contributed by atoms with Crippen LogP contribution >= 0.6 is 22.9 Å². The van der Waals surface area contributed by atoms with Crippen molar-refractivity contribution in [1.82, 2.24) is 15.3 Å². The Labute approximate surface area is 154 Å². The number of nitrogens with one attached hydrogen (secondary N) is 1. The summed E-state index contributed by atoms with van der Waals surface area (Å²) in [7, 11) is 0. The Kier molecular flexibility index (Phi) is 4.37. The molecule has 1 saturated heterocycles. The number of hydrogen-bond donors (Lipinski definition) is 1. The number of thiophene rings is 1. The lowest BCUT2D eigenvalue weighted by Gasteiger charge is -2.30. The van der Waals surface area contributed by atoms with Gasteiger partial charge in [0.15, 0.2) is 0 Å². The third-order valence-corrected chi connectivity index (χ3v) is 5.78. The number of benzene rings is 1. The first-order chi connectivity index (χ1) is 12.2. The lowest BCUT2D eigenvalue weighted by Crippen LogP contribution is -2.37. The summed E-state index contributed by atoms with van der Waals surface area (Å²) in [6.07, 6.45) is 6.59.